The van der Waals surface area contributed by atoms with Crippen LogP contribution in [-0.4, -0.2) is 10.9 Å². The van der Waals surface area contributed by atoms with Gasteiger partial charge >= 0.3 is 0 Å². The van der Waals surface area contributed by atoms with Crippen LogP contribution in [0, 0.1) is 20.3 Å². The average Bonchev–Trinajstić information content (AvgIpc) is 2.93. The van der Waals surface area contributed by atoms with E-state index >= 15 is 0 Å². The number of carbonyl (C=O) groups is 1. The molecule has 0 aromatic carbocycles. The summed E-state index contributed by atoms with van der Waals surface area (Å²) in [6.45, 7) is 8.70. The molecule has 1 N–H and O–H groups in total. The molecule has 2 bridgehead atoms. The largest absolute Gasteiger partial charge is 0.310 e. The van der Waals surface area contributed by atoms with Crippen molar-refractivity contribution in [1.29, 1.82) is 0 Å². The van der Waals surface area contributed by atoms with E-state index in [-0.39, 0.29) is 16.7 Å². The van der Waals surface area contributed by atoms with Crippen LogP contribution in [0.3, 0.4) is 0 Å². The van der Waals surface area contributed by atoms with Crippen LogP contribution in [0.4, 0.5) is 5.82 Å². The molecule has 20 heavy (non-hydrogen) atoms. The summed E-state index contributed by atoms with van der Waals surface area (Å²) < 4.78 is 1.06. The number of nitrogens with one attached hydrogen (secondary N) is 1. The molecule has 0 radical (unpaired) electrons. The first-order valence-electron chi connectivity index (χ1n) is 6.99. The predicted octanol–water partition coefficient (Wildman–Crippen LogP) is 4.01. The zero-order valence-corrected chi connectivity index (χ0v) is 14.0. The van der Waals surface area contributed by atoms with Crippen LogP contribution in [0.25, 0.3) is 0 Å². The number of rotatable bonds is 2. The maximum atomic E-state index is 12.8. The van der Waals surface area contributed by atoms with E-state index in [2.05, 4.69) is 53.3 Å². The number of pyridine rings is 1. The van der Waals surface area contributed by atoms with Gasteiger partial charge in [0, 0.05) is 9.77 Å². The van der Waals surface area contributed by atoms with Crippen molar-refractivity contribution in [3.8, 4) is 0 Å². The van der Waals surface area contributed by atoms with E-state index in [1.165, 1.54) is 0 Å². The lowest BCUT2D eigenvalue weighted by Gasteiger charge is -2.37. The number of hydrogen-bond acceptors (Lipinski definition) is 2. The fraction of sp³-hybridized carbons (Fsp3) is 0.500. The van der Waals surface area contributed by atoms with Crippen LogP contribution in [0.15, 0.2) is 30.5 Å². The van der Waals surface area contributed by atoms with Gasteiger partial charge in [-0.1, -0.05) is 26.0 Å². The lowest BCUT2D eigenvalue weighted by Crippen LogP contribution is -2.37. The van der Waals surface area contributed by atoms with Gasteiger partial charge in [0.2, 0.25) is 5.91 Å². The van der Waals surface area contributed by atoms with E-state index in [9.17, 15) is 4.79 Å². The van der Waals surface area contributed by atoms with Gasteiger partial charge in [-0.05, 0) is 65.3 Å². The normalized spacial score (nSPS) is 30.6. The second-order valence-electron chi connectivity index (χ2n) is 6.54. The lowest BCUT2D eigenvalue weighted by atomic mass is 9.68. The van der Waals surface area contributed by atoms with Crippen LogP contribution in [-0.2, 0) is 4.79 Å². The minimum atomic E-state index is -0.376. The minimum Gasteiger partial charge on any atom is -0.310 e. The third-order valence-corrected chi connectivity index (χ3v) is 5.93. The quantitative estimate of drug-likeness (QED) is 0.621. The summed E-state index contributed by atoms with van der Waals surface area (Å²) in [7, 11) is 0. The Morgan fingerprint density at radius 2 is 2.25 bits per heavy atom. The Morgan fingerprint density at radius 1 is 1.50 bits per heavy atom. The van der Waals surface area contributed by atoms with E-state index in [4.69, 9.17) is 0 Å². The summed E-state index contributed by atoms with van der Waals surface area (Å²) in [4.78, 5) is 17.0. The zero-order chi connectivity index (χ0) is 14.5. The molecule has 2 aliphatic rings. The van der Waals surface area contributed by atoms with Crippen molar-refractivity contribution < 1.29 is 4.79 Å². The smallest absolute Gasteiger partial charge is 0.235 e. The van der Waals surface area contributed by atoms with Gasteiger partial charge in [-0.15, -0.1) is 0 Å². The molecular weight excluding hydrogens is 363 g/mol. The third-order valence-electron chi connectivity index (χ3n) is 5.29. The van der Waals surface area contributed by atoms with Crippen molar-refractivity contribution in [3.05, 3.63) is 34.1 Å². The number of carbonyl (C=O) groups excluding carboxylic acids is 1. The van der Waals surface area contributed by atoms with Crippen molar-refractivity contribution in [2.24, 2.45) is 16.7 Å². The molecule has 0 spiro atoms. The molecule has 1 amide bonds. The topological polar surface area (TPSA) is 42.0 Å². The molecule has 0 aliphatic heterocycles. The van der Waals surface area contributed by atoms with Crippen molar-refractivity contribution in [2.75, 3.05) is 5.32 Å². The lowest BCUT2D eigenvalue weighted by molar-refractivity contribution is -0.123. The van der Waals surface area contributed by atoms with E-state index < -0.39 is 0 Å². The van der Waals surface area contributed by atoms with E-state index in [1.54, 1.807) is 6.20 Å². The van der Waals surface area contributed by atoms with Crippen molar-refractivity contribution >= 4 is 34.3 Å². The number of halogens is 1. The Morgan fingerprint density at radius 3 is 2.80 bits per heavy atom. The summed E-state index contributed by atoms with van der Waals surface area (Å²) in [5.41, 5.74) is 0.803. The second kappa shape index (κ2) is 4.55. The first-order chi connectivity index (χ1) is 9.36. The van der Waals surface area contributed by atoms with Crippen molar-refractivity contribution in [1.82, 2.24) is 4.98 Å². The first kappa shape index (κ1) is 14.0. The number of fused-ring (bicyclic) bond motifs is 2. The van der Waals surface area contributed by atoms with Gasteiger partial charge in [-0.2, -0.15) is 0 Å². The highest BCUT2D eigenvalue weighted by molar-refractivity contribution is 14.1. The number of amides is 1. The predicted molar refractivity (Wildman–Crippen MR) is 88.3 cm³/mol. The molecular formula is C16H19IN2O. The van der Waals surface area contributed by atoms with Gasteiger partial charge in [0.15, 0.2) is 0 Å². The summed E-state index contributed by atoms with van der Waals surface area (Å²) in [5, 5.41) is 2.98. The molecule has 2 saturated carbocycles. The van der Waals surface area contributed by atoms with Crippen molar-refractivity contribution in [3.63, 3.8) is 0 Å². The minimum absolute atomic E-state index is 0.0734. The standard InChI is InChI=1S/C16H19IN2O/c1-10-15(2,3)11-6-7-16(10,8-11)14(20)19-13-5-4-12(17)9-18-13/h4-5,9,11H,1,6-8H2,2-3H3,(H,18,19,20). The molecule has 2 fully saturated rings. The maximum Gasteiger partial charge on any atom is 0.235 e. The van der Waals surface area contributed by atoms with E-state index in [0.717, 1.165) is 28.4 Å². The molecule has 1 heterocycles. The van der Waals surface area contributed by atoms with Gasteiger partial charge in [0.25, 0.3) is 0 Å². The molecule has 3 nitrogen and oxygen atoms in total. The molecule has 2 aliphatic carbocycles. The number of hydrogen-bond donors (Lipinski definition) is 1. The highest BCUT2D eigenvalue weighted by atomic mass is 127. The van der Waals surface area contributed by atoms with Gasteiger partial charge in [0.1, 0.15) is 5.82 Å². The molecule has 1 aromatic heterocycles. The fourth-order valence-electron chi connectivity index (χ4n) is 3.83. The zero-order valence-electron chi connectivity index (χ0n) is 11.9. The number of aromatic nitrogens is 1. The maximum absolute atomic E-state index is 12.8. The molecule has 2 atom stereocenters. The van der Waals surface area contributed by atoms with Gasteiger partial charge < -0.3 is 5.32 Å². The molecule has 106 valence electrons. The highest BCUT2D eigenvalue weighted by Gasteiger charge is 2.60. The van der Waals surface area contributed by atoms with Gasteiger partial charge in [-0.3, -0.25) is 4.79 Å². The Kier molecular flexibility index (Phi) is 3.19. The average molecular weight is 382 g/mol. The number of nitrogens with zero attached hydrogens (tertiary/aromatic N) is 1. The third kappa shape index (κ3) is 1.91. The monoisotopic (exact) mass is 382 g/mol. The Hall–Kier alpha value is -0.910. The SMILES string of the molecule is C=C1C2(C(=O)Nc3ccc(I)cn3)CCC(C2)C1(C)C. The molecule has 4 heteroatoms. The summed E-state index contributed by atoms with van der Waals surface area (Å²) in [6.07, 6.45) is 4.75. The first-order valence-corrected chi connectivity index (χ1v) is 8.07. The van der Waals surface area contributed by atoms with E-state index in [0.29, 0.717) is 11.7 Å². The van der Waals surface area contributed by atoms with Crippen LogP contribution in [0.5, 0.6) is 0 Å². The van der Waals surface area contributed by atoms with Gasteiger partial charge in [-0.25, -0.2) is 4.98 Å². The van der Waals surface area contributed by atoms with Crippen LogP contribution in [0.2, 0.25) is 0 Å². The fourth-order valence-corrected chi connectivity index (χ4v) is 4.15. The molecule has 0 saturated heterocycles. The Bertz CT molecular complexity index is 579. The van der Waals surface area contributed by atoms with Gasteiger partial charge in [0.05, 0.1) is 5.41 Å². The summed E-state index contributed by atoms with van der Waals surface area (Å²) in [5.74, 6) is 1.29. The van der Waals surface area contributed by atoms with E-state index in [1.807, 2.05) is 12.1 Å². The molecule has 1 aromatic rings. The van der Waals surface area contributed by atoms with Crippen molar-refractivity contribution in [2.45, 2.75) is 33.1 Å². The second-order valence-corrected chi connectivity index (χ2v) is 7.78. The van der Waals surface area contributed by atoms with Crippen LogP contribution < -0.4 is 5.32 Å². The summed E-state index contributed by atoms with van der Waals surface area (Å²) >= 11 is 2.20. The molecule has 3 rings (SSSR count). The Labute approximate surface area is 133 Å². The van der Waals surface area contributed by atoms with Crippen LogP contribution >= 0.6 is 22.6 Å². The molecule has 2 unspecified atom stereocenters. The van der Waals surface area contributed by atoms with Crippen LogP contribution in [0.1, 0.15) is 33.1 Å². The highest BCUT2D eigenvalue weighted by Crippen LogP contribution is 2.65. The summed E-state index contributed by atoms with van der Waals surface area (Å²) in [6, 6.07) is 3.80. The number of anilines is 1. The Balaban J connectivity index is 1.84.